The van der Waals surface area contributed by atoms with Crippen LogP contribution in [0.4, 0.5) is 8.78 Å². The minimum Gasteiger partial charge on any atom is -0.247 e. The number of hydrogen-bond donors (Lipinski definition) is 0. The highest BCUT2D eigenvalue weighted by atomic mass is 32.2. The van der Waals surface area contributed by atoms with Crippen molar-refractivity contribution in [3.8, 4) is 0 Å². The molecule has 0 radical (unpaired) electrons. The molecule has 0 bridgehead atoms. The largest absolute Gasteiger partial charge is 0.247 e. The lowest BCUT2D eigenvalue weighted by Crippen LogP contribution is -2.13. The van der Waals surface area contributed by atoms with Crippen LogP contribution in [0.15, 0.2) is 23.1 Å². The van der Waals surface area contributed by atoms with Crippen molar-refractivity contribution in [1.29, 1.82) is 0 Å². The molecule has 1 nitrogen and oxygen atoms in total. The fraction of sp³-hybridized carbons (Fsp3) is 0.400. The van der Waals surface area contributed by atoms with E-state index in [-0.39, 0.29) is 0 Å². The average Bonchev–Trinajstić information content (AvgIpc) is 2.19. The Balaban J connectivity index is 2.72. The van der Waals surface area contributed by atoms with Crippen LogP contribution >= 0.6 is 11.9 Å². The van der Waals surface area contributed by atoms with Gasteiger partial charge in [-0.15, -0.1) is 0 Å². The van der Waals surface area contributed by atoms with Gasteiger partial charge in [-0.05, 0) is 30.1 Å². The van der Waals surface area contributed by atoms with Gasteiger partial charge >= 0.3 is 0 Å². The second kappa shape index (κ2) is 5.32. The highest BCUT2D eigenvalue weighted by Gasteiger charge is 2.06. The van der Waals surface area contributed by atoms with Gasteiger partial charge in [-0.25, -0.2) is 13.1 Å². The maximum atomic E-state index is 12.8. The molecule has 0 aromatic heterocycles. The van der Waals surface area contributed by atoms with Crippen molar-refractivity contribution in [2.75, 3.05) is 13.1 Å². The molecule has 1 aromatic carbocycles. The summed E-state index contributed by atoms with van der Waals surface area (Å²) >= 11 is 1.44. The minimum absolute atomic E-state index is 0.729. The van der Waals surface area contributed by atoms with Gasteiger partial charge in [-0.3, -0.25) is 0 Å². The van der Waals surface area contributed by atoms with Crippen LogP contribution in [-0.2, 0) is 0 Å². The van der Waals surface area contributed by atoms with Crippen LogP contribution in [-0.4, -0.2) is 17.4 Å². The number of halogens is 2. The van der Waals surface area contributed by atoms with Crippen molar-refractivity contribution in [3.63, 3.8) is 0 Å². The number of benzene rings is 1. The van der Waals surface area contributed by atoms with E-state index in [0.29, 0.717) is 0 Å². The van der Waals surface area contributed by atoms with E-state index in [0.717, 1.165) is 24.1 Å². The van der Waals surface area contributed by atoms with Crippen molar-refractivity contribution in [2.45, 2.75) is 18.7 Å². The normalized spacial score (nSPS) is 10.9. The smallest absolute Gasteiger partial charge is 0.159 e. The number of hydrogen-bond acceptors (Lipinski definition) is 2. The third-order valence-electron chi connectivity index (χ3n) is 1.83. The molecule has 14 heavy (non-hydrogen) atoms. The van der Waals surface area contributed by atoms with Crippen LogP contribution in [0, 0.1) is 11.6 Å². The van der Waals surface area contributed by atoms with Crippen LogP contribution in [0.2, 0.25) is 0 Å². The molecule has 0 aliphatic carbocycles. The molecule has 0 spiro atoms. The number of nitrogens with zero attached hydrogens (tertiary/aromatic N) is 1. The quantitative estimate of drug-likeness (QED) is 0.712. The van der Waals surface area contributed by atoms with Gasteiger partial charge in [0.2, 0.25) is 0 Å². The summed E-state index contributed by atoms with van der Waals surface area (Å²) in [4.78, 5) is 0.729. The SMILES string of the molecule is CCN(CC)Sc1ccc(F)c(F)c1. The Bertz CT molecular complexity index is 300. The topological polar surface area (TPSA) is 3.24 Å². The first-order valence-electron chi connectivity index (χ1n) is 4.55. The standard InChI is InChI=1S/C10H13F2NS/c1-3-13(4-2)14-8-5-6-9(11)10(12)7-8/h5-7H,3-4H2,1-2H3. The molecule has 0 aliphatic heterocycles. The summed E-state index contributed by atoms with van der Waals surface area (Å²) in [5.74, 6) is -1.59. The van der Waals surface area contributed by atoms with Crippen molar-refractivity contribution < 1.29 is 8.78 Å². The molecule has 0 amide bonds. The molecule has 0 saturated carbocycles. The molecule has 1 rings (SSSR count). The number of rotatable bonds is 4. The first kappa shape index (κ1) is 11.5. The first-order valence-corrected chi connectivity index (χ1v) is 5.32. The molecule has 0 unspecified atom stereocenters. The van der Waals surface area contributed by atoms with E-state index < -0.39 is 11.6 Å². The fourth-order valence-electron chi connectivity index (χ4n) is 1.04. The van der Waals surface area contributed by atoms with Gasteiger partial charge in [0.1, 0.15) is 0 Å². The molecular formula is C10H13F2NS. The fourth-order valence-corrected chi connectivity index (χ4v) is 1.88. The maximum Gasteiger partial charge on any atom is 0.159 e. The molecule has 0 aliphatic rings. The Hall–Kier alpha value is -0.610. The maximum absolute atomic E-state index is 12.8. The van der Waals surface area contributed by atoms with E-state index in [1.165, 1.54) is 18.0 Å². The summed E-state index contributed by atoms with van der Waals surface area (Å²) in [5, 5.41) is 0. The van der Waals surface area contributed by atoms with Gasteiger partial charge in [-0.1, -0.05) is 13.8 Å². The van der Waals surface area contributed by atoms with Crippen molar-refractivity contribution >= 4 is 11.9 Å². The van der Waals surface area contributed by atoms with Gasteiger partial charge in [-0.2, -0.15) is 0 Å². The third-order valence-corrected chi connectivity index (χ3v) is 3.07. The van der Waals surface area contributed by atoms with Crippen LogP contribution in [0.1, 0.15) is 13.8 Å². The molecule has 4 heteroatoms. The predicted molar refractivity (Wildman–Crippen MR) is 55.1 cm³/mol. The zero-order valence-electron chi connectivity index (χ0n) is 8.26. The Morgan fingerprint density at radius 2 is 1.79 bits per heavy atom. The molecule has 0 N–H and O–H groups in total. The Kier molecular flexibility index (Phi) is 4.35. The zero-order valence-corrected chi connectivity index (χ0v) is 9.07. The molecule has 0 fully saturated rings. The molecular weight excluding hydrogens is 204 g/mol. The second-order valence-electron chi connectivity index (χ2n) is 2.78. The molecule has 0 atom stereocenters. The monoisotopic (exact) mass is 217 g/mol. The van der Waals surface area contributed by atoms with Crippen LogP contribution in [0.25, 0.3) is 0 Å². The van der Waals surface area contributed by atoms with Gasteiger partial charge < -0.3 is 0 Å². The van der Waals surface area contributed by atoms with Crippen molar-refractivity contribution in [3.05, 3.63) is 29.8 Å². The molecule has 0 heterocycles. The van der Waals surface area contributed by atoms with E-state index in [9.17, 15) is 8.78 Å². The van der Waals surface area contributed by atoms with E-state index in [1.807, 2.05) is 13.8 Å². The summed E-state index contributed by atoms with van der Waals surface area (Å²) in [6.45, 7) is 5.80. The summed E-state index contributed by atoms with van der Waals surface area (Å²) in [7, 11) is 0. The predicted octanol–water partition coefficient (Wildman–Crippen LogP) is 3.31. The van der Waals surface area contributed by atoms with E-state index >= 15 is 0 Å². The molecule has 78 valence electrons. The van der Waals surface area contributed by atoms with Gasteiger partial charge in [0.15, 0.2) is 11.6 Å². The zero-order chi connectivity index (χ0) is 10.6. The Morgan fingerprint density at radius 3 is 2.29 bits per heavy atom. The lowest BCUT2D eigenvalue weighted by molar-refractivity contribution is 0.503. The second-order valence-corrected chi connectivity index (χ2v) is 3.95. The van der Waals surface area contributed by atoms with E-state index in [4.69, 9.17) is 0 Å². The van der Waals surface area contributed by atoms with Gasteiger partial charge in [0.05, 0.1) is 0 Å². The van der Waals surface area contributed by atoms with Gasteiger partial charge in [0, 0.05) is 18.0 Å². The van der Waals surface area contributed by atoms with E-state index in [1.54, 1.807) is 6.07 Å². The van der Waals surface area contributed by atoms with Crippen LogP contribution < -0.4 is 0 Å². The average molecular weight is 217 g/mol. The minimum atomic E-state index is -0.797. The van der Waals surface area contributed by atoms with Crippen LogP contribution in [0.3, 0.4) is 0 Å². The van der Waals surface area contributed by atoms with Crippen molar-refractivity contribution in [2.24, 2.45) is 0 Å². The van der Waals surface area contributed by atoms with Crippen LogP contribution in [0.5, 0.6) is 0 Å². The Morgan fingerprint density at radius 1 is 1.14 bits per heavy atom. The highest BCUT2D eigenvalue weighted by molar-refractivity contribution is 7.97. The summed E-state index contributed by atoms with van der Waals surface area (Å²) in [5.41, 5.74) is 0. The summed E-state index contributed by atoms with van der Waals surface area (Å²) in [6, 6.07) is 3.96. The lowest BCUT2D eigenvalue weighted by atomic mass is 10.3. The molecule has 1 aromatic rings. The Labute approximate surface area is 87.2 Å². The lowest BCUT2D eigenvalue weighted by Gasteiger charge is -2.16. The first-order chi connectivity index (χ1) is 6.67. The third kappa shape index (κ3) is 2.96. The summed E-state index contributed by atoms with van der Waals surface area (Å²) in [6.07, 6.45) is 0. The van der Waals surface area contributed by atoms with Crippen molar-refractivity contribution in [1.82, 2.24) is 4.31 Å². The molecule has 0 saturated heterocycles. The summed E-state index contributed by atoms with van der Waals surface area (Å²) < 4.78 is 27.5. The van der Waals surface area contributed by atoms with E-state index in [2.05, 4.69) is 4.31 Å². The van der Waals surface area contributed by atoms with Gasteiger partial charge in [0.25, 0.3) is 0 Å². The highest BCUT2D eigenvalue weighted by Crippen LogP contribution is 2.23.